The van der Waals surface area contributed by atoms with E-state index in [4.69, 9.17) is 0 Å². The molecule has 0 unspecified atom stereocenters. The van der Waals surface area contributed by atoms with Crippen molar-refractivity contribution in [1.29, 1.82) is 0 Å². The molecule has 0 aliphatic rings. The summed E-state index contributed by atoms with van der Waals surface area (Å²) < 4.78 is 30.6. The molecule has 1 atom stereocenters. The van der Waals surface area contributed by atoms with Crippen LogP contribution in [0.2, 0.25) is 0 Å². The molecule has 0 radical (unpaired) electrons. The highest BCUT2D eigenvalue weighted by Crippen LogP contribution is 2.26. The molecule has 2 aromatic rings. The number of carbonyl (C=O) groups excluding carboxylic acids is 1. The van der Waals surface area contributed by atoms with E-state index >= 15 is 0 Å². The van der Waals surface area contributed by atoms with Crippen molar-refractivity contribution >= 4 is 11.6 Å². The quantitative estimate of drug-likeness (QED) is 0.922. The predicted molar refractivity (Wildman–Crippen MR) is 73.4 cm³/mol. The zero-order chi connectivity index (χ0) is 15.4. The normalized spacial score (nSPS) is 12.2. The molecule has 0 spiro atoms. The Kier molecular flexibility index (Phi) is 4.52. The highest BCUT2D eigenvalue weighted by atomic mass is 19.3. The number of ether oxygens (including phenoxy) is 1. The maximum absolute atomic E-state index is 12.3. The Morgan fingerprint density at radius 3 is 2.67 bits per heavy atom. The van der Waals surface area contributed by atoms with Gasteiger partial charge in [-0.2, -0.15) is 13.9 Å². The number of aryl methyl sites for hydroxylation is 1. The summed E-state index contributed by atoms with van der Waals surface area (Å²) in [5.41, 5.74) is 1.02. The van der Waals surface area contributed by atoms with Gasteiger partial charge in [0.15, 0.2) is 0 Å². The van der Waals surface area contributed by atoms with E-state index in [1.165, 1.54) is 12.1 Å². The molecular formula is C14H15F2N3O2. The lowest BCUT2D eigenvalue weighted by Gasteiger charge is -2.16. The molecule has 0 aliphatic carbocycles. The number of aromatic nitrogens is 2. The largest absolute Gasteiger partial charge is 0.433 e. The number of para-hydroxylation sites is 2. The van der Waals surface area contributed by atoms with Crippen LogP contribution in [0.15, 0.2) is 36.5 Å². The van der Waals surface area contributed by atoms with Gasteiger partial charge in [0.1, 0.15) is 11.8 Å². The van der Waals surface area contributed by atoms with E-state index in [9.17, 15) is 13.6 Å². The van der Waals surface area contributed by atoms with Crippen LogP contribution in [0.3, 0.4) is 0 Å². The molecule has 0 fully saturated rings. The highest BCUT2D eigenvalue weighted by molar-refractivity contribution is 5.94. The van der Waals surface area contributed by atoms with Gasteiger partial charge < -0.3 is 10.1 Å². The van der Waals surface area contributed by atoms with Crippen molar-refractivity contribution in [2.75, 3.05) is 5.32 Å². The number of nitrogens with one attached hydrogen (secondary N) is 1. The van der Waals surface area contributed by atoms with Crippen LogP contribution in [-0.4, -0.2) is 22.3 Å². The summed E-state index contributed by atoms with van der Waals surface area (Å²) in [4.78, 5) is 12.2. The molecule has 5 nitrogen and oxygen atoms in total. The summed E-state index contributed by atoms with van der Waals surface area (Å²) in [6, 6.07) is 7.24. The molecule has 7 heteroatoms. The zero-order valence-electron chi connectivity index (χ0n) is 11.6. The average molecular weight is 295 g/mol. The number of rotatable bonds is 5. The molecule has 1 N–H and O–H groups in total. The Morgan fingerprint density at radius 1 is 1.33 bits per heavy atom. The van der Waals surface area contributed by atoms with Gasteiger partial charge in [-0.3, -0.25) is 9.48 Å². The number of carbonyl (C=O) groups is 1. The van der Waals surface area contributed by atoms with Crippen molar-refractivity contribution in [3.63, 3.8) is 0 Å². The van der Waals surface area contributed by atoms with Gasteiger partial charge in [-0.15, -0.1) is 0 Å². The fourth-order valence-corrected chi connectivity index (χ4v) is 1.90. The zero-order valence-corrected chi connectivity index (χ0v) is 11.6. The molecule has 21 heavy (non-hydrogen) atoms. The molecule has 0 bridgehead atoms. The van der Waals surface area contributed by atoms with E-state index in [-0.39, 0.29) is 17.3 Å². The van der Waals surface area contributed by atoms with Gasteiger partial charge in [0.25, 0.3) is 0 Å². The number of alkyl halides is 2. The molecule has 0 saturated heterocycles. The minimum absolute atomic E-state index is 0.0785. The number of halogens is 2. The molecule has 1 aromatic heterocycles. The fraction of sp³-hybridized carbons (Fsp3) is 0.286. The first-order valence-electron chi connectivity index (χ1n) is 6.34. The maximum atomic E-state index is 12.3. The van der Waals surface area contributed by atoms with E-state index in [2.05, 4.69) is 15.2 Å². The number of hydrogen-bond donors (Lipinski definition) is 1. The third-order valence-corrected chi connectivity index (χ3v) is 2.98. The lowest BCUT2D eigenvalue weighted by atomic mass is 10.2. The summed E-state index contributed by atoms with van der Waals surface area (Å²) in [5, 5.41) is 6.63. The summed E-state index contributed by atoms with van der Waals surface area (Å²) in [6.07, 6.45) is 1.59. The molecule has 0 saturated carbocycles. The number of nitrogens with zero attached hydrogens (tertiary/aromatic N) is 2. The first-order valence-corrected chi connectivity index (χ1v) is 6.34. The number of amides is 1. The van der Waals surface area contributed by atoms with E-state index in [1.54, 1.807) is 36.0 Å². The van der Waals surface area contributed by atoms with Crippen LogP contribution < -0.4 is 10.1 Å². The molecule has 112 valence electrons. The first-order chi connectivity index (χ1) is 9.99. The predicted octanol–water partition coefficient (Wildman–Crippen LogP) is 2.99. The lowest BCUT2D eigenvalue weighted by Crippen LogP contribution is -2.25. The van der Waals surface area contributed by atoms with Crippen molar-refractivity contribution in [1.82, 2.24) is 9.78 Å². The Bertz CT molecular complexity index is 628. The SMILES string of the molecule is Cc1ccnn1[C@H](C)C(=O)Nc1ccccc1OC(F)F. The number of hydrogen-bond acceptors (Lipinski definition) is 3. The molecular weight excluding hydrogens is 280 g/mol. The van der Waals surface area contributed by atoms with E-state index in [0.29, 0.717) is 0 Å². The molecule has 2 rings (SSSR count). The van der Waals surface area contributed by atoms with Crippen LogP contribution in [-0.2, 0) is 4.79 Å². The van der Waals surface area contributed by atoms with Gasteiger partial charge in [0, 0.05) is 11.9 Å². The van der Waals surface area contributed by atoms with Gasteiger partial charge in [-0.25, -0.2) is 0 Å². The minimum atomic E-state index is -2.95. The van der Waals surface area contributed by atoms with Crippen molar-refractivity contribution in [2.45, 2.75) is 26.5 Å². The van der Waals surface area contributed by atoms with Crippen LogP contribution in [0.5, 0.6) is 5.75 Å². The van der Waals surface area contributed by atoms with Crippen LogP contribution in [0.25, 0.3) is 0 Å². The first kappa shape index (κ1) is 15.0. The molecule has 0 aliphatic heterocycles. The number of anilines is 1. The highest BCUT2D eigenvalue weighted by Gasteiger charge is 2.19. The summed E-state index contributed by atoms with van der Waals surface area (Å²) in [5.74, 6) is -0.447. The van der Waals surface area contributed by atoms with Crippen LogP contribution in [0.1, 0.15) is 18.7 Å². The van der Waals surface area contributed by atoms with Gasteiger partial charge in [0.2, 0.25) is 5.91 Å². The van der Waals surface area contributed by atoms with Gasteiger partial charge in [0.05, 0.1) is 5.69 Å². The van der Waals surface area contributed by atoms with Gasteiger partial charge >= 0.3 is 6.61 Å². The van der Waals surface area contributed by atoms with Crippen molar-refractivity contribution in [3.05, 3.63) is 42.2 Å². The third-order valence-electron chi connectivity index (χ3n) is 2.98. The van der Waals surface area contributed by atoms with E-state index < -0.39 is 12.7 Å². The van der Waals surface area contributed by atoms with Crippen LogP contribution in [0, 0.1) is 6.92 Å². The Hall–Kier alpha value is -2.44. The minimum Gasteiger partial charge on any atom is -0.433 e. The van der Waals surface area contributed by atoms with Crippen molar-refractivity contribution < 1.29 is 18.3 Å². The van der Waals surface area contributed by atoms with E-state index in [0.717, 1.165) is 5.69 Å². The molecule has 1 amide bonds. The average Bonchev–Trinajstić information content (AvgIpc) is 2.85. The Balaban J connectivity index is 2.15. The van der Waals surface area contributed by atoms with E-state index in [1.807, 2.05) is 6.92 Å². The molecule has 1 heterocycles. The van der Waals surface area contributed by atoms with Crippen LogP contribution in [0.4, 0.5) is 14.5 Å². The second-order valence-electron chi connectivity index (χ2n) is 4.46. The van der Waals surface area contributed by atoms with Crippen molar-refractivity contribution in [3.8, 4) is 5.75 Å². The van der Waals surface area contributed by atoms with Gasteiger partial charge in [-0.05, 0) is 32.0 Å². The summed E-state index contributed by atoms with van der Waals surface area (Å²) in [7, 11) is 0. The maximum Gasteiger partial charge on any atom is 0.387 e. The topological polar surface area (TPSA) is 56.2 Å². The lowest BCUT2D eigenvalue weighted by molar-refractivity contribution is -0.119. The van der Waals surface area contributed by atoms with Crippen LogP contribution >= 0.6 is 0 Å². The summed E-state index contributed by atoms with van der Waals surface area (Å²) in [6.45, 7) is 0.546. The fourth-order valence-electron chi connectivity index (χ4n) is 1.90. The molecule has 1 aromatic carbocycles. The monoisotopic (exact) mass is 295 g/mol. The summed E-state index contributed by atoms with van der Waals surface area (Å²) >= 11 is 0. The smallest absolute Gasteiger partial charge is 0.387 e. The van der Waals surface area contributed by atoms with Crippen molar-refractivity contribution in [2.24, 2.45) is 0 Å². The third kappa shape index (κ3) is 3.56. The Morgan fingerprint density at radius 2 is 2.05 bits per heavy atom. The standard InChI is InChI=1S/C14H15F2N3O2/c1-9-7-8-17-19(9)10(2)13(20)18-11-5-3-4-6-12(11)21-14(15)16/h3-8,10,14H,1-2H3,(H,18,20)/t10-/m1/s1. The number of benzene rings is 1. The second-order valence-corrected chi connectivity index (χ2v) is 4.46. The van der Waals surface area contributed by atoms with Gasteiger partial charge in [-0.1, -0.05) is 12.1 Å². The second kappa shape index (κ2) is 6.34. The Labute approximate surface area is 120 Å².